The van der Waals surface area contributed by atoms with Gasteiger partial charge in [0.25, 0.3) is 0 Å². The molecule has 1 fully saturated rings. The molecule has 2 aliphatic rings. The number of ether oxygens (including phenoxy) is 1. The molecule has 16 heavy (non-hydrogen) atoms. The molecule has 0 amide bonds. The molecule has 2 atom stereocenters. The summed E-state index contributed by atoms with van der Waals surface area (Å²) in [6.45, 7) is 0.685. The SMILES string of the molecule is Fc1cccc2c1CCC21CC(Cl)CCO1. The van der Waals surface area contributed by atoms with Gasteiger partial charge in [-0.1, -0.05) is 12.1 Å². The highest BCUT2D eigenvalue weighted by Gasteiger charge is 2.44. The first kappa shape index (κ1) is 10.5. The van der Waals surface area contributed by atoms with Crippen LogP contribution in [-0.4, -0.2) is 12.0 Å². The Labute approximate surface area is 99.6 Å². The first-order valence-electron chi connectivity index (χ1n) is 5.77. The highest BCUT2D eigenvalue weighted by Crippen LogP contribution is 2.47. The van der Waals surface area contributed by atoms with Crippen LogP contribution in [0.15, 0.2) is 18.2 Å². The largest absolute Gasteiger partial charge is 0.370 e. The molecular weight excluding hydrogens is 227 g/mol. The predicted molar refractivity (Wildman–Crippen MR) is 61.2 cm³/mol. The third kappa shape index (κ3) is 1.47. The van der Waals surface area contributed by atoms with Gasteiger partial charge in [0, 0.05) is 12.0 Å². The van der Waals surface area contributed by atoms with Crippen LogP contribution >= 0.6 is 11.6 Å². The van der Waals surface area contributed by atoms with Crippen LogP contribution in [0.4, 0.5) is 4.39 Å². The molecule has 1 saturated heterocycles. The van der Waals surface area contributed by atoms with Crippen LogP contribution in [0.2, 0.25) is 0 Å². The third-order valence-corrected chi connectivity index (χ3v) is 4.12. The summed E-state index contributed by atoms with van der Waals surface area (Å²) in [5.74, 6) is -0.102. The van der Waals surface area contributed by atoms with E-state index >= 15 is 0 Å². The van der Waals surface area contributed by atoms with E-state index in [2.05, 4.69) is 0 Å². The number of alkyl halides is 1. The number of rotatable bonds is 0. The van der Waals surface area contributed by atoms with E-state index in [1.54, 1.807) is 6.07 Å². The first-order chi connectivity index (χ1) is 7.71. The fraction of sp³-hybridized carbons (Fsp3) is 0.538. The van der Waals surface area contributed by atoms with E-state index < -0.39 is 0 Å². The van der Waals surface area contributed by atoms with Gasteiger partial charge in [-0.2, -0.15) is 0 Å². The Hall–Kier alpha value is -0.600. The van der Waals surface area contributed by atoms with Crippen LogP contribution in [0.5, 0.6) is 0 Å². The molecule has 0 aromatic heterocycles. The summed E-state index contributed by atoms with van der Waals surface area (Å²) in [5, 5.41) is 0.156. The lowest BCUT2D eigenvalue weighted by molar-refractivity contribution is -0.0806. The Morgan fingerprint density at radius 3 is 3.12 bits per heavy atom. The van der Waals surface area contributed by atoms with Gasteiger partial charge in [0.15, 0.2) is 0 Å². The lowest BCUT2D eigenvalue weighted by Crippen LogP contribution is -2.36. The molecule has 1 aromatic carbocycles. The van der Waals surface area contributed by atoms with Crippen LogP contribution in [0.3, 0.4) is 0 Å². The molecule has 0 radical (unpaired) electrons. The van der Waals surface area contributed by atoms with E-state index in [1.165, 1.54) is 6.07 Å². The Kier molecular flexibility index (Phi) is 2.45. The van der Waals surface area contributed by atoms with Gasteiger partial charge in [-0.3, -0.25) is 0 Å². The van der Waals surface area contributed by atoms with Crippen LogP contribution in [0.1, 0.15) is 30.4 Å². The lowest BCUT2D eigenvalue weighted by Gasteiger charge is -2.37. The van der Waals surface area contributed by atoms with Crippen LogP contribution in [-0.2, 0) is 16.8 Å². The molecule has 3 rings (SSSR count). The summed E-state index contributed by atoms with van der Waals surface area (Å²) in [6.07, 6.45) is 3.34. The second-order valence-electron chi connectivity index (χ2n) is 4.70. The average Bonchev–Trinajstić information content (AvgIpc) is 2.59. The number of hydrogen-bond donors (Lipinski definition) is 0. The quantitative estimate of drug-likeness (QED) is 0.632. The number of fused-ring (bicyclic) bond motifs is 2. The zero-order valence-corrected chi connectivity index (χ0v) is 9.77. The van der Waals surface area contributed by atoms with Gasteiger partial charge in [0.05, 0.1) is 5.60 Å². The topological polar surface area (TPSA) is 9.23 Å². The third-order valence-electron chi connectivity index (χ3n) is 3.75. The van der Waals surface area contributed by atoms with Crippen molar-refractivity contribution in [2.24, 2.45) is 0 Å². The number of hydrogen-bond acceptors (Lipinski definition) is 1. The average molecular weight is 241 g/mol. The van der Waals surface area contributed by atoms with Gasteiger partial charge in [0.2, 0.25) is 0 Å². The molecule has 1 nitrogen and oxygen atoms in total. The van der Waals surface area contributed by atoms with Gasteiger partial charge in [-0.15, -0.1) is 11.6 Å². The summed E-state index contributed by atoms with van der Waals surface area (Å²) in [4.78, 5) is 0. The van der Waals surface area contributed by atoms with E-state index in [4.69, 9.17) is 16.3 Å². The van der Waals surface area contributed by atoms with Gasteiger partial charge in [0.1, 0.15) is 5.82 Å². The second kappa shape index (κ2) is 3.71. The highest BCUT2D eigenvalue weighted by atomic mass is 35.5. The zero-order chi connectivity index (χ0) is 11.2. The van der Waals surface area contributed by atoms with E-state index in [0.717, 1.165) is 36.8 Å². The van der Waals surface area contributed by atoms with Crippen molar-refractivity contribution in [1.29, 1.82) is 0 Å². The lowest BCUT2D eigenvalue weighted by atomic mass is 9.88. The Bertz CT molecular complexity index is 420. The van der Waals surface area contributed by atoms with Gasteiger partial charge >= 0.3 is 0 Å². The molecular formula is C13H14ClFO. The summed E-state index contributed by atoms with van der Waals surface area (Å²) in [7, 11) is 0. The molecule has 1 spiro atoms. The summed E-state index contributed by atoms with van der Waals surface area (Å²) in [6, 6.07) is 5.28. The molecule has 1 heterocycles. The van der Waals surface area contributed by atoms with Crippen molar-refractivity contribution in [3.05, 3.63) is 35.1 Å². The molecule has 2 unspecified atom stereocenters. The predicted octanol–water partition coefficient (Wildman–Crippen LogP) is 3.39. The van der Waals surface area contributed by atoms with E-state index in [-0.39, 0.29) is 16.8 Å². The summed E-state index contributed by atoms with van der Waals surface area (Å²) in [5.41, 5.74) is 1.55. The normalized spacial score (nSPS) is 33.0. The maximum atomic E-state index is 13.6. The second-order valence-corrected chi connectivity index (χ2v) is 5.32. The fourth-order valence-corrected chi connectivity index (χ4v) is 3.30. The Balaban J connectivity index is 2.04. The van der Waals surface area contributed by atoms with Gasteiger partial charge in [-0.25, -0.2) is 4.39 Å². The zero-order valence-electron chi connectivity index (χ0n) is 9.01. The van der Waals surface area contributed by atoms with Crippen molar-refractivity contribution in [3.63, 3.8) is 0 Å². The molecule has 1 aromatic rings. The van der Waals surface area contributed by atoms with Crippen LogP contribution < -0.4 is 0 Å². The van der Waals surface area contributed by atoms with E-state index in [0.29, 0.717) is 6.61 Å². The maximum absolute atomic E-state index is 13.6. The van der Waals surface area contributed by atoms with E-state index in [1.807, 2.05) is 6.07 Å². The Morgan fingerprint density at radius 2 is 2.31 bits per heavy atom. The Morgan fingerprint density at radius 1 is 1.44 bits per heavy atom. The van der Waals surface area contributed by atoms with Crippen molar-refractivity contribution in [2.75, 3.05) is 6.61 Å². The number of halogens is 2. The minimum atomic E-state index is -0.303. The van der Waals surface area contributed by atoms with Crippen molar-refractivity contribution < 1.29 is 9.13 Å². The van der Waals surface area contributed by atoms with Gasteiger partial charge < -0.3 is 4.74 Å². The molecule has 0 saturated carbocycles. The smallest absolute Gasteiger partial charge is 0.126 e. The van der Waals surface area contributed by atoms with Crippen LogP contribution in [0, 0.1) is 5.82 Å². The minimum absolute atomic E-state index is 0.102. The fourth-order valence-electron chi connectivity index (χ4n) is 2.96. The summed E-state index contributed by atoms with van der Waals surface area (Å²) < 4.78 is 19.6. The van der Waals surface area contributed by atoms with Gasteiger partial charge in [-0.05, 0) is 42.9 Å². The maximum Gasteiger partial charge on any atom is 0.126 e. The van der Waals surface area contributed by atoms with Crippen molar-refractivity contribution in [2.45, 2.75) is 36.7 Å². The first-order valence-corrected chi connectivity index (χ1v) is 6.21. The van der Waals surface area contributed by atoms with Crippen LogP contribution in [0.25, 0.3) is 0 Å². The highest BCUT2D eigenvalue weighted by molar-refractivity contribution is 6.20. The van der Waals surface area contributed by atoms with Crippen molar-refractivity contribution in [1.82, 2.24) is 0 Å². The minimum Gasteiger partial charge on any atom is -0.370 e. The monoisotopic (exact) mass is 240 g/mol. The molecule has 86 valence electrons. The standard InChI is InChI=1S/C13H14ClFO/c14-9-5-7-16-13(8-9)6-4-10-11(13)2-1-3-12(10)15/h1-3,9H,4-8H2. The molecule has 1 aliphatic heterocycles. The van der Waals surface area contributed by atoms with Crippen molar-refractivity contribution >= 4 is 11.6 Å². The molecule has 3 heteroatoms. The molecule has 1 aliphatic carbocycles. The summed E-state index contributed by atoms with van der Waals surface area (Å²) >= 11 is 6.22. The number of benzene rings is 1. The van der Waals surface area contributed by atoms with Crippen molar-refractivity contribution in [3.8, 4) is 0 Å². The van der Waals surface area contributed by atoms with E-state index in [9.17, 15) is 4.39 Å². The molecule has 0 bridgehead atoms. The molecule has 0 N–H and O–H groups in total.